The van der Waals surface area contributed by atoms with Crippen LogP contribution in [0.5, 0.6) is 0 Å². The van der Waals surface area contributed by atoms with Gasteiger partial charge in [0.05, 0.1) is 15.9 Å². The van der Waals surface area contributed by atoms with Crippen molar-refractivity contribution in [3.63, 3.8) is 0 Å². The van der Waals surface area contributed by atoms with Crippen molar-refractivity contribution in [2.75, 3.05) is 36.0 Å². The van der Waals surface area contributed by atoms with Crippen LogP contribution in [-0.2, 0) is 0 Å². The van der Waals surface area contributed by atoms with Crippen LogP contribution in [0, 0.1) is 0 Å². The summed E-state index contributed by atoms with van der Waals surface area (Å²) in [6.07, 6.45) is 4.20. The lowest BCUT2D eigenvalue weighted by Crippen LogP contribution is -2.47. The predicted molar refractivity (Wildman–Crippen MR) is 95.8 cm³/mol. The van der Waals surface area contributed by atoms with E-state index in [-0.39, 0.29) is 0 Å². The van der Waals surface area contributed by atoms with Gasteiger partial charge in [-0.15, -0.1) is 16.4 Å². The summed E-state index contributed by atoms with van der Waals surface area (Å²) in [5.74, 6) is 2.71. The van der Waals surface area contributed by atoms with Crippen LogP contribution in [0.15, 0.2) is 29.9 Å². The highest BCUT2D eigenvalue weighted by molar-refractivity contribution is 7.17. The van der Waals surface area contributed by atoms with E-state index >= 15 is 0 Å². The molecule has 6 nitrogen and oxygen atoms in total. The van der Waals surface area contributed by atoms with Crippen molar-refractivity contribution in [2.24, 2.45) is 0 Å². The van der Waals surface area contributed by atoms with Crippen LogP contribution in [0.2, 0.25) is 0 Å². The first-order chi connectivity index (χ1) is 11.9. The molecule has 0 bridgehead atoms. The van der Waals surface area contributed by atoms with Crippen molar-refractivity contribution in [3.8, 4) is 0 Å². The lowest BCUT2D eigenvalue weighted by atomic mass is 10.2. The van der Waals surface area contributed by atoms with Gasteiger partial charge >= 0.3 is 0 Å². The predicted octanol–water partition coefficient (Wildman–Crippen LogP) is 2.69. The summed E-state index contributed by atoms with van der Waals surface area (Å²) in [4.78, 5) is 13.5. The molecule has 0 N–H and O–H groups in total. The molecule has 2 aliphatic rings. The minimum absolute atomic E-state index is 0.661. The van der Waals surface area contributed by atoms with Gasteiger partial charge < -0.3 is 9.80 Å². The molecule has 0 amide bonds. The van der Waals surface area contributed by atoms with Crippen molar-refractivity contribution in [1.82, 2.24) is 20.2 Å². The van der Waals surface area contributed by atoms with Crippen molar-refractivity contribution < 1.29 is 0 Å². The summed E-state index contributed by atoms with van der Waals surface area (Å²) in [7, 11) is 0. The number of fused-ring (bicyclic) bond motifs is 1. The highest BCUT2D eigenvalue weighted by Gasteiger charge is 2.26. The Hall–Kier alpha value is -2.28. The minimum atomic E-state index is 0.661. The third-order valence-electron chi connectivity index (χ3n) is 4.79. The largest absolute Gasteiger partial charge is 0.352 e. The maximum Gasteiger partial charge on any atom is 0.151 e. The molecule has 1 saturated carbocycles. The molecule has 2 fully saturated rings. The highest BCUT2D eigenvalue weighted by atomic mass is 32.1. The second-order valence-corrected chi connectivity index (χ2v) is 7.31. The maximum absolute atomic E-state index is 4.52. The number of aromatic nitrogens is 4. The van der Waals surface area contributed by atoms with Crippen LogP contribution >= 0.6 is 11.3 Å². The van der Waals surface area contributed by atoms with E-state index < -0.39 is 0 Å². The molecule has 122 valence electrons. The van der Waals surface area contributed by atoms with Gasteiger partial charge in [0.15, 0.2) is 5.82 Å². The Kier molecular flexibility index (Phi) is 3.33. The molecule has 7 heteroatoms. The standard InChI is InChI=1S/C17H18N6S/c1-2-12(1)13-3-4-15(21-20-13)22-6-8-23(9-7-22)17-16-14(5-10-24-16)18-11-19-17/h3-5,10-12H,1-2,6-9H2. The Bertz CT molecular complexity index is 849. The van der Waals surface area contributed by atoms with Crippen LogP contribution in [0.25, 0.3) is 10.2 Å². The lowest BCUT2D eigenvalue weighted by molar-refractivity contribution is 0.638. The summed E-state index contributed by atoms with van der Waals surface area (Å²) < 4.78 is 1.18. The van der Waals surface area contributed by atoms with Crippen LogP contribution in [0.4, 0.5) is 11.6 Å². The highest BCUT2D eigenvalue weighted by Crippen LogP contribution is 2.38. The van der Waals surface area contributed by atoms with E-state index in [4.69, 9.17) is 0 Å². The summed E-state index contributed by atoms with van der Waals surface area (Å²) in [5, 5.41) is 10.9. The molecule has 0 atom stereocenters. The van der Waals surface area contributed by atoms with Gasteiger partial charge in [0.1, 0.15) is 12.1 Å². The van der Waals surface area contributed by atoms with Crippen molar-refractivity contribution in [1.29, 1.82) is 0 Å². The van der Waals surface area contributed by atoms with Gasteiger partial charge in [-0.2, -0.15) is 5.10 Å². The molecular formula is C17H18N6S. The van der Waals surface area contributed by atoms with E-state index in [1.165, 1.54) is 17.5 Å². The van der Waals surface area contributed by atoms with Gasteiger partial charge in [-0.25, -0.2) is 9.97 Å². The fraction of sp³-hybridized carbons (Fsp3) is 0.412. The summed E-state index contributed by atoms with van der Waals surface area (Å²) in [6, 6.07) is 6.32. The summed E-state index contributed by atoms with van der Waals surface area (Å²) in [6.45, 7) is 3.76. The quantitative estimate of drug-likeness (QED) is 0.732. The number of hydrogen-bond acceptors (Lipinski definition) is 7. The number of nitrogens with zero attached hydrogens (tertiary/aromatic N) is 6. The second kappa shape index (κ2) is 5.66. The van der Waals surface area contributed by atoms with E-state index in [2.05, 4.69) is 53.5 Å². The first kappa shape index (κ1) is 14.1. The molecule has 0 aromatic carbocycles. The van der Waals surface area contributed by atoms with E-state index in [0.29, 0.717) is 5.92 Å². The minimum Gasteiger partial charge on any atom is -0.352 e. The zero-order valence-corrected chi connectivity index (χ0v) is 14.1. The summed E-state index contributed by atoms with van der Waals surface area (Å²) >= 11 is 1.71. The Labute approximate surface area is 144 Å². The third-order valence-corrected chi connectivity index (χ3v) is 5.69. The fourth-order valence-electron chi connectivity index (χ4n) is 3.25. The monoisotopic (exact) mass is 338 g/mol. The maximum atomic E-state index is 4.52. The number of thiophene rings is 1. The van der Waals surface area contributed by atoms with E-state index in [9.17, 15) is 0 Å². The van der Waals surface area contributed by atoms with Crippen LogP contribution < -0.4 is 9.80 Å². The number of piperazine rings is 1. The third kappa shape index (κ3) is 2.49. The van der Waals surface area contributed by atoms with Gasteiger partial charge in [-0.05, 0) is 36.4 Å². The number of hydrogen-bond donors (Lipinski definition) is 0. The molecule has 3 aromatic heterocycles. The summed E-state index contributed by atoms with van der Waals surface area (Å²) in [5.41, 5.74) is 2.19. The molecule has 1 aliphatic carbocycles. The molecule has 3 aromatic rings. The fourth-order valence-corrected chi connectivity index (χ4v) is 4.11. The van der Waals surface area contributed by atoms with Gasteiger partial charge in [0.25, 0.3) is 0 Å². The van der Waals surface area contributed by atoms with Gasteiger partial charge in [0, 0.05) is 32.1 Å². The van der Waals surface area contributed by atoms with Crippen LogP contribution in [-0.4, -0.2) is 46.3 Å². The normalized spacial score (nSPS) is 18.3. The zero-order valence-electron chi connectivity index (χ0n) is 13.3. The topological polar surface area (TPSA) is 58.0 Å². The SMILES string of the molecule is c1nc(N2CCN(c3ccc(C4CC4)nn3)CC2)c2sccc2n1. The molecule has 4 heterocycles. The molecule has 1 aliphatic heterocycles. The lowest BCUT2D eigenvalue weighted by Gasteiger charge is -2.35. The Morgan fingerprint density at radius 2 is 1.75 bits per heavy atom. The second-order valence-electron chi connectivity index (χ2n) is 6.40. The molecule has 5 rings (SSSR count). The molecule has 24 heavy (non-hydrogen) atoms. The van der Waals surface area contributed by atoms with E-state index in [0.717, 1.165) is 49.0 Å². The van der Waals surface area contributed by atoms with Gasteiger partial charge in [-0.1, -0.05) is 0 Å². The Morgan fingerprint density at radius 1 is 0.917 bits per heavy atom. The first-order valence-electron chi connectivity index (χ1n) is 8.40. The first-order valence-corrected chi connectivity index (χ1v) is 9.28. The van der Waals surface area contributed by atoms with Crippen molar-refractivity contribution in [3.05, 3.63) is 35.6 Å². The Morgan fingerprint density at radius 3 is 2.50 bits per heavy atom. The average molecular weight is 338 g/mol. The molecule has 0 spiro atoms. The van der Waals surface area contributed by atoms with Crippen LogP contribution in [0.3, 0.4) is 0 Å². The van der Waals surface area contributed by atoms with Crippen LogP contribution in [0.1, 0.15) is 24.5 Å². The van der Waals surface area contributed by atoms with E-state index in [1.807, 2.05) is 0 Å². The molecular weight excluding hydrogens is 320 g/mol. The number of anilines is 2. The smallest absolute Gasteiger partial charge is 0.151 e. The van der Waals surface area contributed by atoms with E-state index in [1.54, 1.807) is 17.7 Å². The average Bonchev–Trinajstić information content (AvgIpc) is 3.38. The zero-order chi connectivity index (χ0) is 15.9. The van der Waals surface area contributed by atoms with Gasteiger partial charge in [0.2, 0.25) is 0 Å². The van der Waals surface area contributed by atoms with Crippen molar-refractivity contribution >= 4 is 33.2 Å². The van der Waals surface area contributed by atoms with Gasteiger partial charge in [-0.3, -0.25) is 0 Å². The van der Waals surface area contributed by atoms with Crippen molar-refractivity contribution in [2.45, 2.75) is 18.8 Å². The Balaban J connectivity index is 1.31. The molecule has 1 saturated heterocycles. The molecule has 0 radical (unpaired) electrons. The molecule has 0 unspecified atom stereocenters. The number of rotatable bonds is 3.